The van der Waals surface area contributed by atoms with Crippen molar-refractivity contribution < 1.29 is 24.4 Å². The third-order valence-electron chi connectivity index (χ3n) is 3.36. The molecule has 1 unspecified atom stereocenters. The van der Waals surface area contributed by atoms with Crippen molar-refractivity contribution in [3.8, 4) is 0 Å². The Balaban J connectivity index is 1.79. The number of hydrogen-bond donors (Lipinski definition) is 3. The molecule has 2 heterocycles. The largest absolute Gasteiger partial charge is 0.481 e. The number of carboxylic acid groups (broad SMARTS) is 1. The minimum atomic E-state index is -1.10. The SMILES string of the molecule is O=C(O)C[C@@H]1C=CCC(CNC(=O)Cc2cccs2)B(O)O1. The molecule has 0 aliphatic carbocycles. The number of carbonyl (C=O) groups excluding carboxylic acids is 1. The van der Waals surface area contributed by atoms with E-state index in [1.165, 1.54) is 11.3 Å². The van der Waals surface area contributed by atoms with Crippen LogP contribution in [0.2, 0.25) is 5.82 Å². The second-order valence-electron chi connectivity index (χ2n) is 5.15. The van der Waals surface area contributed by atoms with E-state index in [1.54, 1.807) is 12.2 Å². The topological polar surface area (TPSA) is 95.9 Å². The predicted octanol–water partition coefficient (Wildman–Crippen LogP) is 1.08. The van der Waals surface area contributed by atoms with Gasteiger partial charge in [-0.05, 0) is 17.9 Å². The van der Waals surface area contributed by atoms with Gasteiger partial charge in [-0.1, -0.05) is 18.2 Å². The average Bonchev–Trinajstić information content (AvgIpc) is 2.87. The minimum absolute atomic E-state index is 0.107. The third kappa shape index (κ3) is 5.29. The number of amides is 1. The molecule has 8 heteroatoms. The van der Waals surface area contributed by atoms with Crippen LogP contribution in [0.5, 0.6) is 0 Å². The lowest BCUT2D eigenvalue weighted by Crippen LogP contribution is -2.37. The molecule has 1 aliphatic heterocycles. The molecule has 0 aromatic carbocycles. The van der Waals surface area contributed by atoms with Gasteiger partial charge < -0.3 is 20.1 Å². The van der Waals surface area contributed by atoms with Crippen molar-refractivity contribution in [3.05, 3.63) is 34.5 Å². The summed E-state index contributed by atoms with van der Waals surface area (Å²) in [6, 6.07) is 3.79. The molecule has 0 radical (unpaired) electrons. The predicted molar refractivity (Wildman–Crippen MR) is 83.6 cm³/mol. The van der Waals surface area contributed by atoms with Crippen LogP contribution in [0.15, 0.2) is 29.7 Å². The summed E-state index contributed by atoms with van der Waals surface area (Å²) in [5, 5.41) is 23.5. The number of carbonyl (C=O) groups is 2. The van der Waals surface area contributed by atoms with Gasteiger partial charge in [-0.2, -0.15) is 0 Å². The van der Waals surface area contributed by atoms with Crippen LogP contribution in [0.3, 0.4) is 0 Å². The molecule has 1 aromatic rings. The van der Waals surface area contributed by atoms with Crippen LogP contribution in [-0.4, -0.2) is 41.8 Å². The van der Waals surface area contributed by atoms with Gasteiger partial charge in [0.15, 0.2) is 0 Å². The van der Waals surface area contributed by atoms with Crippen molar-refractivity contribution in [1.82, 2.24) is 5.32 Å². The molecule has 22 heavy (non-hydrogen) atoms. The van der Waals surface area contributed by atoms with Gasteiger partial charge in [0.1, 0.15) is 0 Å². The minimum Gasteiger partial charge on any atom is -0.481 e. The lowest BCUT2D eigenvalue weighted by Gasteiger charge is -2.19. The molecule has 1 aliphatic rings. The summed E-state index contributed by atoms with van der Waals surface area (Å²) >= 11 is 1.52. The Hall–Kier alpha value is -1.64. The van der Waals surface area contributed by atoms with Crippen LogP contribution < -0.4 is 5.32 Å². The summed E-state index contributed by atoms with van der Waals surface area (Å²) in [7, 11) is -1.10. The summed E-state index contributed by atoms with van der Waals surface area (Å²) in [5.74, 6) is -1.38. The van der Waals surface area contributed by atoms with Gasteiger partial charge in [-0.3, -0.25) is 9.59 Å². The van der Waals surface area contributed by atoms with E-state index in [9.17, 15) is 14.6 Å². The van der Waals surface area contributed by atoms with Crippen LogP contribution in [-0.2, 0) is 20.7 Å². The highest BCUT2D eigenvalue weighted by Gasteiger charge is 2.31. The molecule has 0 saturated carbocycles. The smallest absolute Gasteiger partial charge is 0.460 e. The second-order valence-corrected chi connectivity index (χ2v) is 6.18. The van der Waals surface area contributed by atoms with E-state index in [-0.39, 0.29) is 24.7 Å². The Kier molecular flexibility index (Phi) is 6.17. The molecule has 0 saturated heterocycles. The van der Waals surface area contributed by atoms with Gasteiger partial charge in [0.25, 0.3) is 0 Å². The summed E-state index contributed by atoms with van der Waals surface area (Å²) < 4.78 is 5.31. The quantitative estimate of drug-likeness (QED) is 0.538. The van der Waals surface area contributed by atoms with Crippen molar-refractivity contribution in [2.75, 3.05) is 6.54 Å². The number of aliphatic carboxylic acids is 1. The number of rotatable bonds is 6. The normalized spacial score (nSPS) is 21.4. The maximum Gasteiger partial charge on any atom is 0.460 e. The van der Waals surface area contributed by atoms with Crippen LogP contribution in [0.4, 0.5) is 0 Å². The van der Waals surface area contributed by atoms with Crippen molar-refractivity contribution in [2.45, 2.75) is 31.2 Å². The van der Waals surface area contributed by atoms with E-state index in [0.29, 0.717) is 12.8 Å². The van der Waals surface area contributed by atoms with E-state index < -0.39 is 19.2 Å². The van der Waals surface area contributed by atoms with Gasteiger partial charge >= 0.3 is 13.1 Å². The third-order valence-corrected chi connectivity index (χ3v) is 4.24. The molecule has 0 bridgehead atoms. The molecule has 118 valence electrons. The van der Waals surface area contributed by atoms with E-state index in [2.05, 4.69) is 5.32 Å². The number of carboxylic acids is 1. The number of hydrogen-bond acceptors (Lipinski definition) is 5. The molecule has 1 aromatic heterocycles. The molecular formula is C14H18BNO5S. The van der Waals surface area contributed by atoms with Gasteiger partial charge in [-0.25, -0.2) is 0 Å². The van der Waals surface area contributed by atoms with E-state index in [0.717, 1.165) is 4.88 Å². The van der Waals surface area contributed by atoms with Gasteiger partial charge in [0.05, 0.1) is 18.9 Å². The zero-order valence-electron chi connectivity index (χ0n) is 12.0. The molecule has 6 nitrogen and oxygen atoms in total. The molecule has 2 atom stereocenters. The average molecular weight is 323 g/mol. The molecule has 2 rings (SSSR count). The van der Waals surface area contributed by atoms with Gasteiger partial charge in [-0.15, -0.1) is 11.3 Å². The molecule has 0 fully saturated rings. The zero-order chi connectivity index (χ0) is 15.9. The summed E-state index contributed by atoms with van der Waals surface area (Å²) in [6.07, 6.45) is 3.45. The first kappa shape index (κ1) is 16.7. The summed E-state index contributed by atoms with van der Waals surface area (Å²) in [4.78, 5) is 23.5. The highest BCUT2D eigenvalue weighted by atomic mass is 32.1. The van der Waals surface area contributed by atoms with Crippen LogP contribution in [0.1, 0.15) is 17.7 Å². The van der Waals surface area contributed by atoms with Crippen molar-refractivity contribution >= 4 is 30.3 Å². The zero-order valence-corrected chi connectivity index (χ0v) is 12.8. The maximum atomic E-state index is 11.8. The number of thiophene rings is 1. The van der Waals surface area contributed by atoms with Gasteiger partial charge in [0.2, 0.25) is 5.91 Å². The molecule has 1 amide bonds. The fourth-order valence-corrected chi connectivity index (χ4v) is 2.91. The fourth-order valence-electron chi connectivity index (χ4n) is 2.21. The lowest BCUT2D eigenvalue weighted by atomic mass is 9.70. The Bertz CT molecular complexity index is 533. The van der Waals surface area contributed by atoms with Crippen LogP contribution in [0, 0.1) is 0 Å². The first-order valence-corrected chi connectivity index (χ1v) is 7.93. The Morgan fingerprint density at radius 2 is 2.32 bits per heavy atom. The lowest BCUT2D eigenvalue weighted by molar-refractivity contribution is -0.138. The highest BCUT2D eigenvalue weighted by molar-refractivity contribution is 7.10. The van der Waals surface area contributed by atoms with Crippen molar-refractivity contribution in [2.24, 2.45) is 0 Å². The summed E-state index contributed by atoms with van der Waals surface area (Å²) in [5.41, 5.74) is 0. The second kappa shape index (κ2) is 8.12. The van der Waals surface area contributed by atoms with E-state index >= 15 is 0 Å². The van der Waals surface area contributed by atoms with Crippen LogP contribution in [0.25, 0.3) is 0 Å². The molecular weight excluding hydrogens is 305 g/mol. The fraction of sp³-hybridized carbons (Fsp3) is 0.429. The van der Waals surface area contributed by atoms with E-state index in [1.807, 2.05) is 17.5 Å². The number of nitrogens with one attached hydrogen (secondary N) is 1. The van der Waals surface area contributed by atoms with E-state index in [4.69, 9.17) is 9.76 Å². The Morgan fingerprint density at radius 3 is 3.00 bits per heavy atom. The van der Waals surface area contributed by atoms with Crippen molar-refractivity contribution in [1.29, 1.82) is 0 Å². The Labute approximate surface area is 132 Å². The first-order valence-electron chi connectivity index (χ1n) is 7.05. The maximum absolute atomic E-state index is 11.8. The summed E-state index contributed by atoms with van der Waals surface area (Å²) in [6.45, 7) is 0.287. The monoisotopic (exact) mass is 323 g/mol. The standard InChI is InChI=1S/C14H18BNO5S/c17-13(8-12-5-2-6-22-12)16-9-10-3-1-4-11(7-14(18)19)21-15(10)20/h1-2,4-6,10-11,20H,3,7-9H2,(H,16,17)(H,18,19)/t10?,11-/m0/s1. The molecule has 3 N–H and O–H groups in total. The Morgan fingerprint density at radius 1 is 1.50 bits per heavy atom. The van der Waals surface area contributed by atoms with Gasteiger partial charge in [0, 0.05) is 17.2 Å². The number of allylic oxidation sites excluding steroid dienone is 1. The molecule has 0 spiro atoms. The van der Waals surface area contributed by atoms with Crippen molar-refractivity contribution in [3.63, 3.8) is 0 Å². The first-order chi connectivity index (χ1) is 10.5. The van der Waals surface area contributed by atoms with Crippen LogP contribution >= 0.6 is 11.3 Å². The highest BCUT2D eigenvalue weighted by Crippen LogP contribution is 2.21.